The second-order valence-corrected chi connectivity index (χ2v) is 4.75. The average Bonchev–Trinajstić information content (AvgIpc) is 2.55. The normalized spacial score (nSPS) is 10.8. The van der Waals surface area contributed by atoms with E-state index in [0.717, 1.165) is 15.9 Å². The Bertz CT molecular complexity index is 527. The zero-order valence-corrected chi connectivity index (χ0v) is 11.1. The van der Waals surface area contributed by atoms with Crippen molar-refractivity contribution >= 4 is 28.3 Å². The minimum atomic E-state index is 0.142. The summed E-state index contributed by atoms with van der Waals surface area (Å²) in [6, 6.07) is 3.63. The topological polar surface area (TPSA) is 30.7 Å². The first kappa shape index (κ1) is 11.6. The average molecular weight is 302 g/mol. The van der Waals surface area contributed by atoms with Crippen LogP contribution in [0, 0.1) is 13.8 Å². The second kappa shape index (κ2) is 4.55. The van der Waals surface area contributed by atoms with Crippen LogP contribution in [0.5, 0.6) is 0 Å². The smallest absolute Gasteiger partial charge is 0.171 e. The van der Waals surface area contributed by atoms with Crippen LogP contribution in [0.3, 0.4) is 0 Å². The number of hydrogen-bond donors (Lipinski definition) is 0. The van der Waals surface area contributed by atoms with E-state index in [1.165, 1.54) is 3.97 Å². The molecule has 2 heterocycles. The van der Waals surface area contributed by atoms with Gasteiger partial charge in [0.2, 0.25) is 0 Å². The first-order valence-corrected chi connectivity index (χ1v) is 6.07. The highest BCUT2D eigenvalue weighted by molar-refractivity contribution is 9.10. The van der Waals surface area contributed by atoms with E-state index in [1.807, 2.05) is 26.0 Å². The van der Waals surface area contributed by atoms with E-state index < -0.39 is 0 Å². The summed E-state index contributed by atoms with van der Waals surface area (Å²) < 4.78 is 15.2. The Hall–Kier alpha value is -0.880. The van der Waals surface area contributed by atoms with Gasteiger partial charge in [0.15, 0.2) is 18.2 Å². The van der Waals surface area contributed by atoms with Crippen LogP contribution in [-0.4, -0.2) is 13.9 Å². The molecule has 6 heteroatoms. The summed E-state index contributed by atoms with van der Waals surface area (Å²) in [6.07, 6.45) is 1.66. The number of nitrogens with zero attached hydrogens (tertiary/aromatic N) is 3. The largest absolute Gasteiger partial charge is 0.253 e. The molecule has 2 aromatic rings. The lowest BCUT2D eigenvalue weighted by Crippen LogP contribution is -1.93. The van der Waals surface area contributed by atoms with E-state index in [1.54, 1.807) is 6.20 Å². The van der Waals surface area contributed by atoms with Crippen molar-refractivity contribution in [3.8, 4) is 11.5 Å². The van der Waals surface area contributed by atoms with Gasteiger partial charge in [-0.15, -0.1) is 3.89 Å². The maximum atomic E-state index is 12.8. The molecule has 0 fully saturated rings. The van der Waals surface area contributed by atoms with Gasteiger partial charge >= 0.3 is 0 Å². The molecular formula is C10H9BrFN3S. The van der Waals surface area contributed by atoms with E-state index in [0.29, 0.717) is 11.5 Å². The summed E-state index contributed by atoms with van der Waals surface area (Å²) in [6.45, 7) is 3.68. The van der Waals surface area contributed by atoms with E-state index in [9.17, 15) is 3.89 Å². The SMILES string of the molecule is Cc1nc(-c2cc(Br)ccn2)n(SF)c1C. The minimum absolute atomic E-state index is 0.142. The molecule has 0 unspecified atom stereocenters. The van der Waals surface area contributed by atoms with Crippen LogP contribution in [0.2, 0.25) is 0 Å². The van der Waals surface area contributed by atoms with Crippen molar-refractivity contribution in [3.63, 3.8) is 0 Å². The molecule has 2 aromatic heterocycles. The van der Waals surface area contributed by atoms with Crippen molar-refractivity contribution in [2.75, 3.05) is 0 Å². The quantitative estimate of drug-likeness (QED) is 0.847. The molecule has 16 heavy (non-hydrogen) atoms. The fraction of sp³-hybridized carbons (Fsp3) is 0.200. The molecule has 0 bridgehead atoms. The summed E-state index contributed by atoms with van der Waals surface area (Å²) in [5.74, 6) is 0.531. The molecule has 0 aliphatic heterocycles. The molecule has 3 nitrogen and oxygen atoms in total. The van der Waals surface area contributed by atoms with Gasteiger partial charge in [-0.05, 0) is 26.0 Å². The van der Waals surface area contributed by atoms with E-state index >= 15 is 0 Å². The molecule has 0 amide bonds. The van der Waals surface area contributed by atoms with Gasteiger partial charge < -0.3 is 0 Å². The van der Waals surface area contributed by atoms with Crippen LogP contribution in [0.4, 0.5) is 3.89 Å². The number of imidazole rings is 1. The number of aromatic nitrogens is 3. The molecule has 0 N–H and O–H groups in total. The van der Waals surface area contributed by atoms with Crippen molar-refractivity contribution in [2.45, 2.75) is 13.8 Å². The third-order valence-corrected chi connectivity index (χ3v) is 3.39. The molecule has 0 aromatic carbocycles. The van der Waals surface area contributed by atoms with E-state index in [2.05, 4.69) is 25.9 Å². The van der Waals surface area contributed by atoms with Crippen LogP contribution in [0.1, 0.15) is 11.4 Å². The molecule has 2 rings (SSSR count). The lowest BCUT2D eigenvalue weighted by molar-refractivity contribution is 0.909. The number of hydrogen-bond acceptors (Lipinski definition) is 3. The number of halogens is 2. The first-order chi connectivity index (χ1) is 7.63. The minimum Gasteiger partial charge on any atom is -0.253 e. The van der Waals surface area contributed by atoms with Gasteiger partial charge in [-0.2, -0.15) is 0 Å². The highest BCUT2D eigenvalue weighted by atomic mass is 79.9. The second-order valence-electron chi connectivity index (χ2n) is 3.33. The van der Waals surface area contributed by atoms with Crippen LogP contribution < -0.4 is 0 Å². The zero-order chi connectivity index (χ0) is 11.7. The van der Waals surface area contributed by atoms with E-state index in [4.69, 9.17) is 0 Å². The molecule has 0 aliphatic rings. The van der Waals surface area contributed by atoms with Gasteiger partial charge in [0.1, 0.15) is 5.69 Å². The molecule has 84 valence electrons. The number of pyridine rings is 1. The molecule has 0 radical (unpaired) electrons. The van der Waals surface area contributed by atoms with Crippen LogP contribution in [0.15, 0.2) is 22.8 Å². The maximum absolute atomic E-state index is 12.8. The standard InChI is InChI=1S/C10H9BrFN3S/c1-6-7(2)15(16-12)10(14-6)9-5-8(11)3-4-13-9/h3-5H,1-2H3. The third-order valence-electron chi connectivity index (χ3n) is 2.31. The van der Waals surface area contributed by atoms with Crippen molar-refractivity contribution in [1.29, 1.82) is 0 Å². The van der Waals surface area contributed by atoms with Gasteiger partial charge in [0.05, 0.1) is 11.4 Å². The molecule has 0 saturated carbocycles. The Morgan fingerprint density at radius 1 is 1.44 bits per heavy atom. The highest BCUT2D eigenvalue weighted by Gasteiger charge is 2.14. The Labute approximate surface area is 106 Å². The third kappa shape index (κ3) is 1.99. The summed E-state index contributed by atoms with van der Waals surface area (Å²) in [5, 5.41) is 0. The number of aryl methyl sites for hydroxylation is 1. The lowest BCUT2D eigenvalue weighted by atomic mass is 10.3. The zero-order valence-electron chi connectivity index (χ0n) is 8.74. The maximum Gasteiger partial charge on any atom is 0.171 e. The fourth-order valence-electron chi connectivity index (χ4n) is 1.36. The van der Waals surface area contributed by atoms with Gasteiger partial charge in [0.25, 0.3) is 0 Å². The van der Waals surface area contributed by atoms with Crippen LogP contribution in [0.25, 0.3) is 11.5 Å². The Morgan fingerprint density at radius 2 is 2.19 bits per heavy atom. The summed E-state index contributed by atoms with van der Waals surface area (Å²) >= 11 is 3.50. The van der Waals surface area contributed by atoms with Gasteiger partial charge in [-0.3, -0.25) is 4.98 Å². The monoisotopic (exact) mass is 301 g/mol. The fourth-order valence-corrected chi connectivity index (χ4v) is 2.13. The van der Waals surface area contributed by atoms with E-state index in [-0.39, 0.29) is 12.3 Å². The molecule has 0 spiro atoms. The lowest BCUT2D eigenvalue weighted by Gasteiger charge is -2.02. The Balaban J connectivity index is 2.60. The van der Waals surface area contributed by atoms with Crippen LogP contribution >= 0.6 is 28.3 Å². The van der Waals surface area contributed by atoms with Gasteiger partial charge in [-0.25, -0.2) is 8.96 Å². The van der Waals surface area contributed by atoms with Crippen molar-refractivity contribution in [3.05, 3.63) is 34.2 Å². The first-order valence-electron chi connectivity index (χ1n) is 4.60. The van der Waals surface area contributed by atoms with Gasteiger partial charge in [0, 0.05) is 10.7 Å². The summed E-state index contributed by atoms with van der Waals surface area (Å²) in [5.41, 5.74) is 2.25. The van der Waals surface area contributed by atoms with Gasteiger partial charge in [-0.1, -0.05) is 15.9 Å². The predicted octanol–water partition coefficient (Wildman–Crippen LogP) is 3.71. The Morgan fingerprint density at radius 3 is 2.81 bits per heavy atom. The molecular weight excluding hydrogens is 293 g/mol. The van der Waals surface area contributed by atoms with Crippen molar-refractivity contribution in [2.24, 2.45) is 0 Å². The molecule has 0 atom stereocenters. The summed E-state index contributed by atoms with van der Waals surface area (Å²) in [7, 11) is 0. The predicted molar refractivity (Wildman–Crippen MR) is 66.7 cm³/mol. The highest BCUT2D eigenvalue weighted by Crippen LogP contribution is 2.27. The summed E-state index contributed by atoms with van der Waals surface area (Å²) in [4.78, 5) is 8.49. The molecule has 0 aliphatic carbocycles. The Kier molecular flexibility index (Phi) is 3.30. The molecule has 0 saturated heterocycles. The number of rotatable bonds is 2. The van der Waals surface area contributed by atoms with Crippen molar-refractivity contribution < 1.29 is 3.89 Å². The van der Waals surface area contributed by atoms with Crippen molar-refractivity contribution in [1.82, 2.24) is 13.9 Å². The van der Waals surface area contributed by atoms with Crippen LogP contribution in [-0.2, 0) is 0 Å².